The van der Waals surface area contributed by atoms with Gasteiger partial charge in [-0.2, -0.15) is 0 Å². The highest BCUT2D eigenvalue weighted by atomic mass is 32.2. The third-order valence-electron chi connectivity index (χ3n) is 2.51. The minimum atomic E-state index is -3.50. The number of hydrogen-bond acceptors (Lipinski definition) is 2. The van der Waals surface area contributed by atoms with E-state index in [1.54, 1.807) is 18.2 Å². The molecule has 16 heavy (non-hydrogen) atoms. The molecule has 3 nitrogen and oxygen atoms in total. The van der Waals surface area contributed by atoms with Gasteiger partial charge in [-0.25, -0.2) is 14.2 Å². The summed E-state index contributed by atoms with van der Waals surface area (Å²) in [4.78, 5) is 0.216. The average molecular weight is 234 g/mol. The van der Waals surface area contributed by atoms with Gasteiger partial charge in [0, 0.05) is 0 Å². The fourth-order valence-electron chi connectivity index (χ4n) is 1.55. The first kappa shape index (κ1) is 11.1. The van der Waals surface area contributed by atoms with Crippen LogP contribution < -0.4 is 5.73 Å². The van der Waals surface area contributed by atoms with E-state index in [-0.39, 0.29) is 4.90 Å². The lowest BCUT2D eigenvalue weighted by Crippen LogP contribution is -2.18. The molecule has 0 bridgehead atoms. The molecule has 1 atom stereocenters. The fraction of sp³-hybridized carbons (Fsp3) is 0.167. The topological polar surface area (TPSA) is 57.9 Å². The lowest BCUT2D eigenvalue weighted by molar-refractivity contribution is 0.583. The molecule has 2 aromatic rings. The van der Waals surface area contributed by atoms with Gasteiger partial charge in [-0.15, -0.1) is 0 Å². The van der Waals surface area contributed by atoms with E-state index in [1.165, 1.54) is 6.92 Å². The molecule has 0 aromatic heterocycles. The maximum atomic E-state index is 11.8. The second-order valence-electron chi connectivity index (χ2n) is 3.70. The number of sulfone groups is 1. The third-order valence-corrected chi connectivity index (χ3v) is 4.36. The van der Waals surface area contributed by atoms with Crippen LogP contribution in [0.5, 0.6) is 0 Å². The smallest absolute Gasteiger partial charge is 0.195 e. The third kappa shape index (κ3) is 1.81. The number of rotatable bonds is 2. The summed E-state index contributed by atoms with van der Waals surface area (Å²) in [5.41, 5.74) is 7.34. The van der Waals surface area contributed by atoms with Gasteiger partial charge in [-0.1, -0.05) is 30.3 Å². The molecule has 2 aromatic carbocycles. The Morgan fingerprint density at radius 3 is 2.31 bits per heavy atom. The quantitative estimate of drug-likeness (QED) is 0.800. The van der Waals surface area contributed by atoms with E-state index in [1.807, 2.05) is 24.3 Å². The molecule has 2 rings (SSSR count). The second-order valence-corrected chi connectivity index (χ2v) is 5.96. The zero-order valence-electron chi connectivity index (χ0n) is 8.84. The molecular weight excluding hydrogens is 222 g/mol. The highest BCUT2D eigenvalue weighted by molar-refractivity contribution is 7.92. The van der Waals surface area contributed by atoms with Crippen LogP contribution in [-0.2, 0) is 9.84 Å². The van der Waals surface area contributed by atoms with Crippen molar-refractivity contribution in [2.75, 3.05) is 0 Å². The SMILES string of the molecule is CC([NH])S(=O)(=O)c1ccc2ccccc2c1. The van der Waals surface area contributed by atoms with Gasteiger partial charge in [-0.05, 0) is 29.8 Å². The molecule has 83 valence electrons. The summed E-state index contributed by atoms with van der Waals surface area (Å²) in [7, 11) is -3.50. The Morgan fingerprint density at radius 2 is 1.69 bits per heavy atom. The molecule has 1 unspecified atom stereocenters. The van der Waals surface area contributed by atoms with Crippen molar-refractivity contribution in [2.24, 2.45) is 0 Å². The van der Waals surface area contributed by atoms with Gasteiger partial charge in [0.25, 0.3) is 0 Å². The van der Waals surface area contributed by atoms with Crippen molar-refractivity contribution >= 4 is 20.6 Å². The predicted octanol–water partition coefficient (Wildman–Crippen LogP) is 2.24. The zero-order valence-corrected chi connectivity index (χ0v) is 9.66. The van der Waals surface area contributed by atoms with E-state index >= 15 is 0 Å². The summed E-state index contributed by atoms with van der Waals surface area (Å²) >= 11 is 0. The Morgan fingerprint density at radius 1 is 1.06 bits per heavy atom. The Hall–Kier alpha value is -1.39. The summed E-state index contributed by atoms with van der Waals surface area (Å²) in [6, 6.07) is 12.5. The van der Waals surface area contributed by atoms with Crippen molar-refractivity contribution in [3.63, 3.8) is 0 Å². The molecule has 0 fully saturated rings. The molecule has 0 saturated carbocycles. The zero-order chi connectivity index (χ0) is 11.8. The Labute approximate surface area is 94.8 Å². The Bertz CT molecular complexity index is 618. The lowest BCUT2D eigenvalue weighted by atomic mass is 10.1. The molecule has 0 aliphatic carbocycles. The van der Waals surface area contributed by atoms with Crippen LogP contribution in [0.4, 0.5) is 0 Å². The number of fused-ring (bicyclic) bond motifs is 1. The standard InChI is InChI=1S/C12H12NO2S/c1-9(13)16(14,15)12-7-6-10-4-2-3-5-11(10)8-12/h2-9,13H,1H3. The molecule has 1 radical (unpaired) electrons. The molecule has 4 heteroatoms. The van der Waals surface area contributed by atoms with Crippen LogP contribution in [0.1, 0.15) is 6.92 Å². The largest absolute Gasteiger partial charge is 0.238 e. The Balaban J connectivity index is 2.65. The van der Waals surface area contributed by atoms with E-state index in [0.29, 0.717) is 0 Å². The van der Waals surface area contributed by atoms with Crippen molar-refractivity contribution in [3.05, 3.63) is 42.5 Å². The number of benzene rings is 2. The second kappa shape index (κ2) is 3.88. The van der Waals surface area contributed by atoms with Crippen molar-refractivity contribution in [2.45, 2.75) is 17.2 Å². The predicted molar refractivity (Wildman–Crippen MR) is 63.7 cm³/mol. The van der Waals surface area contributed by atoms with Crippen LogP contribution in [-0.4, -0.2) is 13.8 Å². The van der Waals surface area contributed by atoms with E-state index in [2.05, 4.69) is 0 Å². The number of nitrogens with one attached hydrogen (secondary N) is 1. The van der Waals surface area contributed by atoms with Gasteiger partial charge in [0.05, 0.1) is 4.90 Å². The maximum Gasteiger partial charge on any atom is 0.195 e. The van der Waals surface area contributed by atoms with Gasteiger partial charge in [0.2, 0.25) is 0 Å². The summed E-state index contributed by atoms with van der Waals surface area (Å²) in [5.74, 6) is 0. The van der Waals surface area contributed by atoms with E-state index in [4.69, 9.17) is 5.73 Å². The van der Waals surface area contributed by atoms with Crippen molar-refractivity contribution < 1.29 is 8.42 Å². The number of hydrogen-bond donors (Lipinski definition) is 0. The van der Waals surface area contributed by atoms with Crippen LogP contribution >= 0.6 is 0 Å². The molecule has 0 saturated heterocycles. The van der Waals surface area contributed by atoms with Gasteiger partial charge >= 0.3 is 0 Å². The van der Waals surface area contributed by atoms with Gasteiger partial charge in [-0.3, -0.25) is 0 Å². The molecule has 0 spiro atoms. The highest BCUT2D eigenvalue weighted by Crippen LogP contribution is 2.21. The van der Waals surface area contributed by atoms with Gasteiger partial charge < -0.3 is 0 Å². The molecule has 1 N–H and O–H groups in total. The normalized spacial score (nSPS) is 13.9. The van der Waals surface area contributed by atoms with Crippen molar-refractivity contribution in [3.8, 4) is 0 Å². The van der Waals surface area contributed by atoms with Gasteiger partial charge in [0.1, 0.15) is 5.37 Å². The molecule has 0 amide bonds. The van der Waals surface area contributed by atoms with Crippen molar-refractivity contribution in [1.82, 2.24) is 5.73 Å². The molecular formula is C12H12NO2S. The first-order valence-corrected chi connectivity index (χ1v) is 6.50. The van der Waals surface area contributed by atoms with E-state index < -0.39 is 15.2 Å². The summed E-state index contributed by atoms with van der Waals surface area (Å²) in [5, 5.41) is 0.747. The average Bonchev–Trinajstić information content (AvgIpc) is 2.28. The first-order chi connectivity index (χ1) is 7.51. The van der Waals surface area contributed by atoms with Crippen LogP contribution in [0.15, 0.2) is 47.4 Å². The Kier molecular flexibility index (Phi) is 2.69. The monoisotopic (exact) mass is 234 g/mol. The van der Waals surface area contributed by atoms with E-state index in [0.717, 1.165) is 10.8 Å². The highest BCUT2D eigenvalue weighted by Gasteiger charge is 2.20. The van der Waals surface area contributed by atoms with Crippen LogP contribution in [0.3, 0.4) is 0 Å². The minimum absolute atomic E-state index is 0.216. The van der Waals surface area contributed by atoms with Crippen LogP contribution in [0.2, 0.25) is 0 Å². The van der Waals surface area contributed by atoms with E-state index in [9.17, 15) is 8.42 Å². The van der Waals surface area contributed by atoms with Crippen LogP contribution in [0, 0.1) is 0 Å². The fourth-order valence-corrected chi connectivity index (χ4v) is 2.51. The summed E-state index contributed by atoms with van der Waals surface area (Å²) in [6.45, 7) is 1.37. The van der Waals surface area contributed by atoms with Crippen LogP contribution in [0.25, 0.3) is 10.8 Å². The maximum absolute atomic E-state index is 11.8. The van der Waals surface area contributed by atoms with Gasteiger partial charge in [0.15, 0.2) is 9.84 Å². The molecule has 0 heterocycles. The first-order valence-electron chi connectivity index (χ1n) is 4.95. The van der Waals surface area contributed by atoms with Crippen molar-refractivity contribution in [1.29, 1.82) is 0 Å². The molecule has 0 aliphatic heterocycles. The molecule has 0 aliphatic rings. The minimum Gasteiger partial charge on any atom is -0.238 e. The lowest BCUT2D eigenvalue weighted by Gasteiger charge is -2.07. The summed E-state index contributed by atoms with van der Waals surface area (Å²) < 4.78 is 23.6. The summed E-state index contributed by atoms with van der Waals surface area (Å²) in [6.07, 6.45) is 0.